The summed E-state index contributed by atoms with van der Waals surface area (Å²) in [5.74, 6) is 0. The number of hydrogen-bond donors (Lipinski definition) is 1. The van der Waals surface area contributed by atoms with Crippen LogP contribution in [0.15, 0.2) is 17.5 Å². The number of thiophene rings is 1. The summed E-state index contributed by atoms with van der Waals surface area (Å²) in [7, 11) is 4.27. The summed E-state index contributed by atoms with van der Waals surface area (Å²) in [5, 5.41) is 5.72. The number of rotatable bonds is 5. The van der Waals surface area contributed by atoms with Crippen molar-refractivity contribution in [3.63, 3.8) is 0 Å². The van der Waals surface area contributed by atoms with Crippen LogP contribution in [-0.2, 0) is 0 Å². The molecule has 3 heteroatoms. The Morgan fingerprint density at radius 3 is 2.53 bits per heavy atom. The maximum Gasteiger partial charge on any atom is 0.0596 e. The van der Waals surface area contributed by atoms with Gasteiger partial charge in [0.1, 0.15) is 0 Å². The van der Waals surface area contributed by atoms with E-state index < -0.39 is 0 Å². The Morgan fingerprint density at radius 1 is 1.47 bits per heavy atom. The van der Waals surface area contributed by atoms with Crippen molar-refractivity contribution in [3.8, 4) is 0 Å². The molecule has 1 aromatic heterocycles. The van der Waals surface area contributed by atoms with Crippen molar-refractivity contribution in [1.82, 2.24) is 10.2 Å². The molecule has 0 aliphatic carbocycles. The first-order valence-electron chi connectivity index (χ1n) is 5.44. The third kappa shape index (κ3) is 2.80. The molecule has 0 saturated heterocycles. The Balaban J connectivity index is 2.92. The zero-order valence-corrected chi connectivity index (χ0v) is 11.2. The summed E-state index contributed by atoms with van der Waals surface area (Å²) in [6, 6.07) is 4.73. The Kier molecular flexibility index (Phi) is 4.32. The van der Waals surface area contributed by atoms with Gasteiger partial charge < -0.3 is 10.2 Å². The molecular weight excluding hydrogens is 204 g/mol. The molecule has 1 rings (SSSR count). The molecular formula is C12H22N2S. The van der Waals surface area contributed by atoms with Gasteiger partial charge in [0.2, 0.25) is 0 Å². The van der Waals surface area contributed by atoms with E-state index in [1.807, 2.05) is 11.3 Å². The fraction of sp³-hybridized carbons (Fsp3) is 0.667. The predicted octanol–water partition coefficient (Wildman–Crippen LogP) is 2.74. The monoisotopic (exact) mass is 226 g/mol. The minimum atomic E-state index is 0.126. The third-order valence-electron chi connectivity index (χ3n) is 3.10. The lowest BCUT2D eigenvalue weighted by molar-refractivity contribution is 0.141. The van der Waals surface area contributed by atoms with Gasteiger partial charge in [-0.3, -0.25) is 0 Å². The summed E-state index contributed by atoms with van der Waals surface area (Å²) in [6.45, 7) is 7.71. The molecule has 0 fully saturated rings. The fourth-order valence-electron chi connectivity index (χ4n) is 1.62. The molecule has 0 radical (unpaired) electrons. The molecule has 0 amide bonds. The number of nitrogens with one attached hydrogen (secondary N) is 1. The maximum atomic E-state index is 3.58. The lowest BCUT2D eigenvalue weighted by Gasteiger charge is -2.40. The standard InChI is InChI=1S/C12H22N2S/c1-6-13-11(10-8-7-9-15-10)12(2,3)14(4)5/h7-9,11,13H,6H2,1-5H3. The zero-order chi connectivity index (χ0) is 11.5. The summed E-state index contributed by atoms with van der Waals surface area (Å²) >= 11 is 1.83. The SMILES string of the molecule is CCNC(c1cccs1)C(C)(C)N(C)C. The van der Waals surface area contributed by atoms with E-state index in [0.717, 1.165) is 6.54 Å². The van der Waals surface area contributed by atoms with Crippen LogP contribution in [0.5, 0.6) is 0 Å². The van der Waals surface area contributed by atoms with E-state index in [1.54, 1.807) is 0 Å². The Bertz CT molecular complexity index is 278. The van der Waals surface area contributed by atoms with Crippen molar-refractivity contribution in [2.75, 3.05) is 20.6 Å². The highest BCUT2D eigenvalue weighted by molar-refractivity contribution is 7.10. The Labute approximate surface area is 97.3 Å². The van der Waals surface area contributed by atoms with Crippen LogP contribution in [0.4, 0.5) is 0 Å². The molecule has 0 bridgehead atoms. The second-order valence-electron chi connectivity index (χ2n) is 4.55. The molecule has 2 nitrogen and oxygen atoms in total. The highest BCUT2D eigenvalue weighted by atomic mass is 32.1. The smallest absolute Gasteiger partial charge is 0.0596 e. The summed E-state index contributed by atoms with van der Waals surface area (Å²) in [5.41, 5.74) is 0.126. The zero-order valence-electron chi connectivity index (χ0n) is 10.4. The van der Waals surface area contributed by atoms with E-state index in [2.05, 4.69) is 62.6 Å². The quantitative estimate of drug-likeness (QED) is 0.830. The molecule has 1 unspecified atom stereocenters. The lowest BCUT2D eigenvalue weighted by Crippen LogP contribution is -2.49. The predicted molar refractivity (Wildman–Crippen MR) is 68.5 cm³/mol. The van der Waals surface area contributed by atoms with E-state index in [0.29, 0.717) is 6.04 Å². The molecule has 0 spiro atoms. The van der Waals surface area contributed by atoms with Crippen LogP contribution >= 0.6 is 11.3 Å². The molecule has 86 valence electrons. The summed E-state index contributed by atoms with van der Waals surface area (Å²) in [4.78, 5) is 3.69. The van der Waals surface area contributed by atoms with E-state index in [9.17, 15) is 0 Å². The van der Waals surface area contributed by atoms with Crippen LogP contribution < -0.4 is 5.32 Å². The number of nitrogens with zero attached hydrogens (tertiary/aromatic N) is 1. The van der Waals surface area contributed by atoms with Crippen molar-refractivity contribution in [3.05, 3.63) is 22.4 Å². The van der Waals surface area contributed by atoms with Gasteiger partial charge in [-0.1, -0.05) is 13.0 Å². The molecule has 1 atom stereocenters. The number of likely N-dealkylation sites (N-methyl/N-ethyl adjacent to an activating group) is 2. The minimum absolute atomic E-state index is 0.126. The van der Waals surface area contributed by atoms with Crippen molar-refractivity contribution in [2.45, 2.75) is 32.4 Å². The largest absolute Gasteiger partial charge is 0.308 e. The van der Waals surface area contributed by atoms with Crippen molar-refractivity contribution < 1.29 is 0 Å². The van der Waals surface area contributed by atoms with Gasteiger partial charge in [0.05, 0.1) is 6.04 Å². The van der Waals surface area contributed by atoms with Crippen LogP contribution in [0.1, 0.15) is 31.7 Å². The summed E-state index contributed by atoms with van der Waals surface area (Å²) in [6.07, 6.45) is 0. The topological polar surface area (TPSA) is 15.3 Å². The minimum Gasteiger partial charge on any atom is -0.308 e. The first-order chi connectivity index (χ1) is 7.00. The Morgan fingerprint density at radius 2 is 2.13 bits per heavy atom. The van der Waals surface area contributed by atoms with E-state index >= 15 is 0 Å². The number of hydrogen-bond acceptors (Lipinski definition) is 3. The van der Waals surface area contributed by atoms with Crippen molar-refractivity contribution in [1.29, 1.82) is 0 Å². The maximum absolute atomic E-state index is 3.58. The van der Waals surface area contributed by atoms with E-state index in [4.69, 9.17) is 0 Å². The van der Waals surface area contributed by atoms with Crippen LogP contribution in [0.2, 0.25) is 0 Å². The van der Waals surface area contributed by atoms with Gasteiger partial charge in [-0.05, 0) is 45.9 Å². The van der Waals surface area contributed by atoms with Gasteiger partial charge in [-0.25, -0.2) is 0 Å². The van der Waals surface area contributed by atoms with Crippen molar-refractivity contribution in [2.24, 2.45) is 0 Å². The second kappa shape index (κ2) is 5.10. The summed E-state index contributed by atoms with van der Waals surface area (Å²) < 4.78 is 0. The molecule has 1 N–H and O–H groups in total. The van der Waals surface area contributed by atoms with Gasteiger partial charge in [0.25, 0.3) is 0 Å². The van der Waals surface area contributed by atoms with E-state index in [1.165, 1.54) is 4.88 Å². The van der Waals surface area contributed by atoms with Gasteiger partial charge >= 0.3 is 0 Å². The fourth-order valence-corrected chi connectivity index (χ4v) is 2.60. The highest BCUT2D eigenvalue weighted by Crippen LogP contribution is 2.31. The molecule has 1 heterocycles. The average molecular weight is 226 g/mol. The third-order valence-corrected chi connectivity index (χ3v) is 4.03. The highest BCUT2D eigenvalue weighted by Gasteiger charge is 2.32. The van der Waals surface area contributed by atoms with Crippen molar-refractivity contribution >= 4 is 11.3 Å². The molecule has 15 heavy (non-hydrogen) atoms. The molecule has 1 aromatic rings. The normalized spacial score (nSPS) is 14.5. The molecule has 0 saturated carbocycles. The molecule has 0 aliphatic heterocycles. The van der Waals surface area contributed by atoms with Gasteiger partial charge in [-0.15, -0.1) is 11.3 Å². The van der Waals surface area contributed by atoms with Gasteiger partial charge in [-0.2, -0.15) is 0 Å². The van der Waals surface area contributed by atoms with Crippen LogP contribution in [-0.4, -0.2) is 31.1 Å². The molecule has 0 aliphatic rings. The second-order valence-corrected chi connectivity index (χ2v) is 5.53. The molecule has 0 aromatic carbocycles. The van der Waals surface area contributed by atoms with Gasteiger partial charge in [0, 0.05) is 10.4 Å². The average Bonchev–Trinajstić information content (AvgIpc) is 2.66. The first-order valence-corrected chi connectivity index (χ1v) is 6.32. The Hall–Kier alpha value is -0.380. The van der Waals surface area contributed by atoms with Crippen LogP contribution in [0.25, 0.3) is 0 Å². The van der Waals surface area contributed by atoms with Crippen LogP contribution in [0.3, 0.4) is 0 Å². The van der Waals surface area contributed by atoms with Crippen LogP contribution in [0, 0.1) is 0 Å². The van der Waals surface area contributed by atoms with E-state index in [-0.39, 0.29) is 5.54 Å². The van der Waals surface area contributed by atoms with Gasteiger partial charge in [0.15, 0.2) is 0 Å². The first kappa shape index (κ1) is 12.7. The lowest BCUT2D eigenvalue weighted by atomic mass is 9.92.